The van der Waals surface area contributed by atoms with Crippen LogP contribution in [0.25, 0.3) is 10.2 Å². The van der Waals surface area contributed by atoms with E-state index < -0.39 is 11.7 Å². The number of likely N-dealkylation sites (tertiary alicyclic amines) is 1. The zero-order valence-electron chi connectivity index (χ0n) is 18.7. The predicted molar refractivity (Wildman–Crippen MR) is 126 cm³/mol. The standard InChI is InChI=1S/C24H26F3N5OS/c25-24(26,27)18-7-8-21(28-14-18)31-12-10-30(11-13-31)16-22(33)32-9-3-4-17(15-32)23-29-19-5-1-2-6-20(19)34-23/h1-2,5-8,14,17H,3-4,9-13,15-16H2. The Bertz CT molecular complexity index is 1110. The van der Waals surface area contributed by atoms with Crippen molar-refractivity contribution >= 4 is 33.3 Å². The van der Waals surface area contributed by atoms with E-state index in [2.05, 4.69) is 16.0 Å². The second kappa shape index (κ2) is 9.50. The lowest BCUT2D eigenvalue weighted by Crippen LogP contribution is -2.51. The molecule has 0 bridgehead atoms. The molecule has 2 saturated heterocycles. The summed E-state index contributed by atoms with van der Waals surface area (Å²) in [5, 5.41) is 1.11. The molecule has 1 aromatic carbocycles. The SMILES string of the molecule is O=C(CN1CCN(c2ccc(C(F)(F)F)cn2)CC1)N1CCCC(c2nc3ccccc3s2)C1. The molecule has 5 rings (SSSR count). The number of nitrogens with zero attached hydrogens (tertiary/aromatic N) is 5. The molecule has 1 amide bonds. The molecule has 4 heterocycles. The molecule has 10 heteroatoms. The van der Waals surface area contributed by atoms with Gasteiger partial charge in [0.05, 0.1) is 27.3 Å². The van der Waals surface area contributed by atoms with Crippen LogP contribution in [0.15, 0.2) is 42.6 Å². The highest BCUT2D eigenvalue weighted by molar-refractivity contribution is 7.18. The van der Waals surface area contributed by atoms with Crippen LogP contribution in [0.3, 0.4) is 0 Å². The average Bonchev–Trinajstić information content (AvgIpc) is 3.29. The number of carbonyl (C=O) groups excluding carboxylic acids is 1. The van der Waals surface area contributed by atoms with Crippen molar-refractivity contribution in [2.24, 2.45) is 0 Å². The highest BCUT2D eigenvalue weighted by atomic mass is 32.1. The van der Waals surface area contributed by atoms with Gasteiger partial charge in [-0.2, -0.15) is 13.2 Å². The third-order valence-electron chi connectivity index (χ3n) is 6.56. The molecule has 0 spiro atoms. The normalized spacial score (nSPS) is 20.1. The minimum Gasteiger partial charge on any atom is -0.354 e. The first-order valence-electron chi connectivity index (χ1n) is 11.5. The third kappa shape index (κ3) is 5.02. The van der Waals surface area contributed by atoms with Crippen LogP contribution in [0.5, 0.6) is 0 Å². The number of para-hydroxylation sites is 1. The van der Waals surface area contributed by atoms with Gasteiger partial charge in [0.15, 0.2) is 0 Å². The fraction of sp³-hybridized carbons (Fsp3) is 0.458. The van der Waals surface area contributed by atoms with Crippen LogP contribution in [0.4, 0.5) is 19.0 Å². The van der Waals surface area contributed by atoms with Gasteiger partial charge in [-0.3, -0.25) is 9.69 Å². The molecule has 0 aliphatic carbocycles. The summed E-state index contributed by atoms with van der Waals surface area (Å²) in [6.07, 6.45) is -1.49. The van der Waals surface area contributed by atoms with Crippen molar-refractivity contribution in [2.75, 3.05) is 50.7 Å². The molecular formula is C24H26F3N5OS. The first kappa shape index (κ1) is 23.0. The Morgan fingerprint density at radius 1 is 1.06 bits per heavy atom. The molecule has 0 saturated carbocycles. The topological polar surface area (TPSA) is 52.6 Å². The largest absolute Gasteiger partial charge is 0.417 e. The minimum atomic E-state index is -4.38. The molecule has 0 N–H and O–H groups in total. The van der Waals surface area contributed by atoms with Gasteiger partial charge in [-0.15, -0.1) is 11.3 Å². The van der Waals surface area contributed by atoms with E-state index in [1.807, 2.05) is 28.0 Å². The van der Waals surface area contributed by atoms with E-state index in [0.717, 1.165) is 42.2 Å². The highest BCUT2D eigenvalue weighted by Gasteiger charge is 2.31. The van der Waals surface area contributed by atoms with E-state index in [0.29, 0.717) is 45.1 Å². The van der Waals surface area contributed by atoms with E-state index in [1.165, 1.54) is 10.8 Å². The minimum absolute atomic E-state index is 0.131. The highest BCUT2D eigenvalue weighted by Crippen LogP contribution is 2.33. The van der Waals surface area contributed by atoms with Crippen LogP contribution >= 0.6 is 11.3 Å². The van der Waals surface area contributed by atoms with Crippen molar-refractivity contribution in [3.05, 3.63) is 53.2 Å². The average molecular weight is 490 g/mol. The molecule has 3 aromatic rings. The molecule has 2 aliphatic rings. The van der Waals surface area contributed by atoms with Gasteiger partial charge in [0.1, 0.15) is 5.82 Å². The monoisotopic (exact) mass is 489 g/mol. The van der Waals surface area contributed by atoms with Crippen LogP contribution < -0.4 is 4.90 Å². The van der Waals surface area contributed by atoms with Crippen LogP contribution in [0.2, 0.25) is 0 Å². The van der Waals surface area contributed by atoms with Crippen molar-refractivity contribution in [2.45, 2.75) is 24.9 Å². The molecule has 1 atom stereocenters. The van der Waals surface area contributed by atoms with Crippen LogP contribution in [0.1, 0.15) is 29.3 Å². The Morgan fingerprint density at radius 2 is 1.85 bits per heavy atom. The van der Waals surface area contributed by atoms with Crippen LogP contribution in [-0.4, -0.2) is 71.5 Å². The lowest BCUT2D eigenvalue weighted by Gasteiger charge is -2.37. The molecule has 2 aromatic heterocycles. The summed E-state index contributed by atoms with van der Waals surface area (Å²) in [7, 11) is 0. The molecule has 1 unspecified atom stereocenters. The summed E-state index contributed by atoms with van der Waals surface area (Å²) in [4.78, 5) is 27.9. The lowest BCUT2D eigenvalue weighted by atomic mass is 9.98. The van der Waals surface area contributed by atoms with E-state index in [9.17, 15) is 18.0 Å². The zero-order valence-corrected chi connectivity index (χ0v) is 19.5. The molecular weight excluding hydrogens is 463 g/mol. The van der Waals surface area contributed by atoms with Gasteiger partial charge in [-0.1, -0.05) is 12.1 Å². The molecule has 180 valence electrons. The number of benzene rings is 1. The number of hydrogen-bond acceptors (Lipinski definition) is 6. The summed E-state index contributed by atoms with van der Waals surface area (Å²) in [6, 6.07) is 10.6. The van der Waals surface area contributed by atoms with E-state index >= 15 is 0 Å². The number of thiazole rings is 1. The molecule has 34 heavy (non-hydrogen) atoms. The van der Waals surface area contributed by atoms with E-state index in [4.69, 9.17) is 4.98 Å². The number of amides is 1. The van der Waals surface area contributed by atoms with Crippen LogP contribution in [0, 0.1) is 0 Å². The van der Waals surface area contributed by atoms with E-state index in [-0.39, 0.29) is 11.8 Å². The predicted octanol–water partition coefficient (Wildman–Crippen LogP) is 4.24. The number of hydrogen-bond donors (Lipinski definition) is 0. The van der Waals surface area contributed by atoms with Gasteiger partial charge in [-0.25, -0.2) is 9.97 Å². The van der Waals surface area contributed by atoms with Crippen molar-refractivity contribution in [3.63, 3.8) is 0 Å². The molecule has 2 aliphatic heterocycles. The van der Waals surface area contributed by atoms with Crippen molar-refractivity contribution in [1.29, 1.82) is 0 Å². The molecule has 2 fully saturated rings. The summed E-state index contributed by atoms with van der Waals surface area (Å²) in [5.41, 5.74) is 0.275. The Balaban J connectivity index is 1.14. The Labute approximate surface area is 200 Å². The maximum Gasteiger partial charge on any atom is 0.417 e. The number of piperazine rings is 1. The molecule has 0 radical (unpaired) electrons. The summed E-state index contributed by atoms with van der Waals surface area (Å²) >= 11 is 1.72. The summed E-state index contributed by atoms with van der Waals surface area (Å²) in [5.74, 6) is 0.943. The second-order valence-corrected chi connectivity index (χ2v) is 9.93. The zero-order chi connectivity index (χ0) is 23.7. The number of alkyl halides is 3. The van der Waals surface area contributed by atoms with Crippen molar-refractivity contribution < 1.29 is 18.0 Å². The molecule has 6 nitrogen and oxygen atoms in total. The number of fused-ring (bicyclic) bond motifs is 1. The fourth-order valence-corrected chi connectivity index (χ4v) is 5.73. The quantitative estimate of drug-likeness (QED) is 0.549. The summed E-state index contributed by atoms with van der Waals surface area (Å²) in [6.45, 7) is 4.43. The Kier molecular flexibility index (Phi) is 6.44. The van der Waals surface area contributed by atoms with E-state index in [1.54, 1.807) is 11.3 Å². The summed E-state index contributed by atoms with van der Waals surface area (Å²) < 4.78 is 39.5. The van der Waals surface area contributed by atoms with Gasteiger partial charge in [-0.05, 0) is 37.1 Å². The fourth-order valence-electron chi connectivity index (χ4n) is 4.64. The van der Waals surface area contributed by atoms with Gasteiger partial charge in [0.2, 0.25) is 5.91 Å². The van der Waals surface area contributed by atoms with Crippen LogP contribution in [-0.2, 0) is 11.0 Å². The van der Waals surface area contributed by atoms with Gasteiger partial charge >= 0.3 is 6.18 Å². The number of aromatic nitrogens is 2. The second-order valence-electron chi connectivity index (χ2n) is 8.86. The maximum atomic E-state index is 13.0. The smallest absolute Gasteiger partial charge is 0.354 e. The first-order chi connectivity index (χ1) is 16.4. The Morgan fingerprint density at radius 3 is 2.56 bits per heavy atom. The maximum absolute atomic E-state index is 13.0. The number of carbonyl (C=O) groups is 1. The van der Waals surface area contributed by atoms with Crippen molar-refractivity contribution in [3.8, 4) is 0 Å². The van der Waals surface area contributed by atoms with Crippen molar-refractivity contribution in [1.82, 2.24) is 19.8 Å². The number of anilines is 1. The number of piperidine rings is 1. The van der Waals surface area contributed by atoms with Gasteiger partial charge in [0, 0.05) is 51.4 Å². The number of rotatable bonds is 4. The number of halogens is 3. The third-order valence-corrected chi connectivity index (χ3v) is 7.76. The van der Waals surface area contributed by atoms with Gasteiger partial charge in [0.25, 0.3) is 0 Å². The first-order valence-corrected chi connectivity index (χ1v) is 12.3. The lowest BCUT2D eigenvalue weighted by molar-refractivity contribution is -0.137. The Hall–Kier alpha value is -2.72. The van der Waals surface area contributed by atoms with Gasteiger partial charge < -0.3 is 9.80 Å². The number of pyridine rings is 1.